The van der Waals surface area contributed by atoms with E-state index >= 15 is 0 Å². The number of para-hydroxylation sites is 1. The summed E-state index contributed by atoms with van der Waals surface area (Å²) in [7, 11) is 0. The van der Waals surface area contributed by atoms with Crippen LogP contribution in [0.2, 0.25) is 0 Å². The van der Waals surface area contributed by atoms with Crippen molar-refractivity contribution in [2.45, 2.75) is 18.0 Å². The maximum Gasteiger partial charge on any atom is 0.416 e. The van der Waals surface area contributed by atoms with Crippen molar-refractivity contribution < 1.29 is 18.0 Å². The molecule has 0 atom stereocenters. The smallest absolute Gasteiger partial charge is 0.294 e. The van der Waals surface area contributed by atoms with Gasteiger partial charge in [0.2, 0.25) is 0 Å². The monoisotopic (exact) mass is 340 g/mol. The van der Waals surface area contributed by atoms with E-state index in [1.54, 1.807) is 12.1 Å². The van der Waals surface area contributed by atoms with Crippen LogP contribution in [0.3, 0.4) is 0 Å². The molecule has 3 nitrogen and oxygen atoms in total. The number of amides is 2. The summed E-state index contributed by atoms with van der Waals surface area (Å²) in [6.45, 7) is 2.26. The number of nitrogens with one attached hydrogen (secondary N) is 1. The molecule has 2 aromatic carbocycles. The number of rotatable bonds is 4. The van der Waals surface area contributed by atoms with Crippen molar-refractivity contribution in [3.8, 4) is 0 Å². The molecule has 2 rings (SSSR count). The van der Waals surface area contributed by atoms with E-state index in [1.165, 1.54) is 17.0 Å². The van der Waals surface area contributed by atoms with E-state index in [0.717, 1.165) is 29.8 Å². The van der Waals surface area contributed by atoms with Gasteiger partial charge in [-0.1, -0.05) is 24.3 Å². The Morgan fingerprint density at radius 3 is 2.43 bits per heavy atom. The second-order valence-electron chi connectivity index (χ2n) is 4.61. The van der Waals surface area contributed by atoms with E-state index in [4.69, 9.17) is 0 Å². The summed E-state index contributed by atoms with van der Waals surface area (Å²) in [4.78, 5) is 14.0. The molecule has 0 heterocycles. The first-order valence-corrected chi connectivity index (χ1v) is 7.70. The van der Waals surface area contributed by atoms with Gasteiger partial charge in [-0.3, -0.25) is 9.62 Å². The third-order valence-corrected chi connectivity index (χ3v) is 3.81. The summed E-state index contributed by atoms with van der Waals surface area (Å²) in [5, 5.41) is 0. The molecule has 0 bridgehead atoms. The van der Waals surface area contributed by atoms with E-state index in [9.17, 15) is 18.0 Å². The van der Waals surface area contributed by atoms with Gasteiger partial charge in [-0.15, -0.1) is 0 Å². The van der Waals surface area contributed by atoms with Gasteiger partial charge in [0, 0.05) is 17.1 Å². The lowest BCUT2D eigenvalue weighted by Crippen LogP contribution is -2.36. The highest BCUT2D eigenvalue weighted by atomic mass is 32.2. The largest absolute Gasteiger partial charge is 0.416 e. The summed E-state index contributed by atoms with van der Waals surface area (Å²) in [5.74, 6) is 0. The lowest BCUT2D eigenvalue weighted by atomic mass is 10.2. The SMILES string of the molecule is CCN(C(=O)NSc1cccc(C(F)(F)F)c1)c1ccccc1. The van der Waals surface area contributed by atoms with Crippen LogP contribution in [0.5, 0.6) is 0 Å². The van der Waals surface area contributed by atoms with Gasteiger partial charge in [0.15, 0.2) is 0 Å². The molecule has 0 aliphatic rings. The molecule has 0 aromatic heterocycles. The first-order valence-electron chi connectivity index (χ1n) is 6.88. The molecule has 0 radical (unpaired) electrons. The Hall–Kier alpha value is -2.15. The molecule has 0 saturated heterocycles. The van der Waals surface area contributed by atoms with Gasteiger partial charge < -0.3 is 0 Å². The molecule has 1 N–H and O–H groups in total. The van der Waals surface area contributed by atoms with Crippen LogP contribution in [0, 0.1) is 0 Å². The molecule has 0 spiro atoms. The standard InChI is InChI=1S/C16H15F3N2OS/c1-2-21(13-8-4-3-5-9-13)15(22)20-23-14-10-6-7-12(11-14)16(17,18)19/h3-11H,2H2,1H3,(H,20,22). The average Bonchev–Trinajstić information content (AvgIpc) is 2.54. The lowest BCUT2D eigenvalue weighted by Gasteiger charge is -2.21. The zero-order valence-corrected chi connectivity index (χ0v) is 13.1. The molecule has 0 fully saturated rings. The Morgan fingerprint density at radius 2 is 1.83 bits per heavy atom. The number of urea groups is 1. The summed E-state index contributed by atoms with van der Waals surface area (Å²) in [6, 6.07) is 13.5. The zero-order valence-electron chi connectivity index (χ0n) is 12.3. The zero-order chi connectivity index (χ0) is 16.9. The number of halogens is 3. The van der Waals surface area contributed by atoms with Gasteiger partial charge in [0.1, 0.15) is 0 Å². The van der Waals surface area contributed by atoms with Crippen molar-refractivity contribution in [2.24, 2.45) is 0 Å². The Morgan fingerprint density at radius 1 is 1.13 bits per heavy atom. The third-order valence-electron chi connectivity index (χ3n) is 3.05. The number of alkyl halides is 3. The fraction of sp³-hybridized carbons (Fsp3) is 0.188. The first kappa shape index (κ1) is 17.2. The van der Waals surface area contributed by atoms with Crippen LogP contribution in [0.25, 0.3) is 0 Å². The number of carbonyl (C=O) groups is 1. The molecule has 0 aliphatic heterocycles. The van der Waals surface area contributed by atoms with E-state index in [-0.39, 0.29) is 6.03 Å². The van der Waals surface area contributed by atoms with Crippen molar-refractivity contribution in [2.75, 3.05) is 11.4 Å². The molecule has 23 heavy (non-hydrogen) atoms. The summed E-state index contributed by atoms with van der Waals surface area (Å²) >= 11 is 0.856. The number of nitrogens with zero attached hydrogens (tertiary/aromatic N) is 1. The van der Waals surface area contributed by atoms with Gasteiger partial charge in [-0.2, -0.15) is 13.2 Å². The Balaban J connectivity index is 2.04. The van der Waals surface area contributed by atoms with Gasteiger partial charge in [0.05, 0.1) is 5.56 Å². The van der Waals surface area contributed by atoms with E-state index < -0.39 is 11.7 Å². The van der Waals surface area contributed by atoms with Gasteiger partial charge in [-0.05, 0) is 49.2 Å². The van der Waals surface area contributed by atoms with Crippen molar-refractivity contribution in [1.82, 2.24) is 4.72 Å². The average molecular weight is 340 g/mol. The Labute approximate surface area is 136 Å². The van der Waals surface area contributed by atoms with E-state index in [1.807, 2.05) is 25.1 Å². The summed E-state index contributed by atoms with van der Waals surface area (Å²) < 4.78 is 40.6. The van der Waals surface area contributed by atoms with Gasteiger partial charge in [0.25, 0.3) is 0 Å². The third kappa shape index (κ3) is 4.66. The highest BCUT2D eigenvalue weighted by Crippen LogP contribution is 2.31. The molecule has 2 amide bonds. The summed E-state index contributed by atoms with van der Waals surface area (Å²) in [5.41, 5.74) is -0.0238. The van der Waals surface area contributed by atoms with Crippen molar-refractivity contribution in [1.29, 1.82) is 0 Å². The second kappa shape index (κ2) is 7.41. The molecular formula is C16H15F3N2OS. The number of anilines is 1. The molecular weight excluding hydrogens is 325 g/mol. The van der Waals surface area contributed by atoms with Crippen LogP contribution in [0.1, 0.15) is 12.5 Å². The van der Waals surface area contributed by atoms with Crippen LogP contribution in [0.4, 0.5) is 23.7 Å². The fourth-order valence-corrected chi connectivity index (χ4v) is 2.59. The maximum atomic E-state index is 12.7. The van der Waals surface area contributed by atoms with Crippen LogP contribution in [0.15, 0.2) is 59.5 Å². The van der Waals surface area contributed by atoms with Crippen LogP contribution in [-0.2, 0) is 6.18 Å². The molecule has 0 aliphatic carbocycles. The fourth-order valence-electron chi connectivity index (χ4n) is 1.94. The van der Waals surface area contributed by atoms with E-state index in [2.05, 4.69) is 4.72 Å². The second-order valence-corrected chi connectivity index (χ2v) is 5.49. The normalized spacial score (nSPS) is 11.1. The highest BCUT2D eigenvalue weighted by molar-refractivity contribution is 7.98. The highest BCUT2D eigenvalue weighted by Gasteiger charge is 2.30. The lowest BCUT2D eigenvalue weighted by molar-refractivity contribution is -0.137. The van der Waals surface area contributed by atoms with Crippen LogP contribution < -0.4 is 9.62 Å². The van der Waals surface area contributed by atoms with E-state index in [0.29, 0.717) is 11.4 Å². The Bertz CT molecular complexity index is 662. The van der Waals surface area contributed by atoms with Crippen molar-refractivity contribution >= 4 is 23.7 Å². The van der Waals surface area contributed by atoms with Gasteiger partial charge in [-0.25, -0.2) is 4.79 Å². The number of carbonyl (C=O) groups excluding carboxylic acids is 1. The Kier molecular flexibility index (Phi) is 5.54. The van der Waals surface area contributed by atoms with Crippen molar-refractivity contribution in [3.63, 3.8) is 0 Å². The van der Waals surface area contributed by atoms with Crippen LogP contribution in [-0.4, -0.2) is 12.6 Å². The predicted octanol–water partition coefficient (Wildman–Crippen LogP) is 4.95. The van der Waals surface area contributed by atoms with Gasteiger partial charge >= 0.3 is 12.2 Å². The van der Waals surface area contributed by atoms with Crippen molar-refractivity contribution in [3.05, 3.63) is 60.2 Å². The summed E-state index contributed by atoms with van der Waals surface area (Å²) in [6.07, 6.45) is -4.40. The molecule has 0 unspecified atom stereocenters. The number of hydrogen-bond acceptors (Lipinski definition) is 2. The topological polar surface area (TPSA) is 32.3 Å². The maximum absolute atomic E-state index is 12.7. The first-order chi connectivity index (χ1) is 10.9. The number of hydrogen-bond donors (Lipinski definition) is 1. The molecule has 7 heteroatoms. The quantitative estimate of drug-likeness (QED) is 0.799. The minimum absolute atomic E-state index is 0.317. The molecule has 0 saturated carbocycles. The molecule has 122 valence electrons. The van der Waals surface area contributed by atoms with Crippen LogP contribution >= 0.6 is 11.9 Å². The minimum atomic E-state index is -4.40. The number of benzene rings is 2. The minimum Gasteiger partial charge on any atom is -0.294 e. The molecule has 2 aromatic rings. The predicted molar refractivity (Wildman–Crippen MR) is 85.3 cm³/mol.